The molecule has 0 saturated heterocycles. The highest BCUT2D eigenvalue weighted by Crippen LogP contribution is 2.11. The minimum absolute atomic E-state index is 0.192. The first-order chi connectivity index (χ1) is 5.38. The maximum absolute atomic E-state index is 10.3. The van der Waals surface area contributed by atoms with Gasteiger partial charge in [0.05, 0.1) is 5.57 Å². The second-order valence-electron chi connectivity index (χ2n) is 2.18. The van der Waals surface area contributed by atoms with Gasteiger partial charge in [0.2, 0.25) is 0 Å². The molecular weight excluding hydrogens is 140 g/mol. The molecule has 58 valence electrons. The summed E-state index contributed by atoms with van der Waals surface area (Å²) in [7, 11) is 0. The van der Waals surface area contributed by atoms with E-state index in [0.717, 1.165) is 0 Å². The normalized spacial score (nSPS) is 21.9. The van der Waals surface area contributed by atoms with E-state index in [4.69, 9.17) is 4.74 Å². The second-order valence-corrected chi connectivity index (χ2v) is 2.18. The lowest BCUT2D eigenvalue weighted by Gasteiger charge is -2.12. The van der Waals surface area contributed by atoms with Crippen molar-refractivity contribution in [3.63, 3.8) is 0 Å². The first kappa shape index (κ1) is 7.99. The van der Waals surface area contributed by atoms with Crippen LogP contribution in [0.5, 0.6) is 0 Å². The molecule has 11 heavy (non-hydrogen) atoms. The van der Waals surface area contributed by atoms with Crippen molar-refractivity contribution in [2.45, 2.75) is 13.0 Å². The molecule has 0 fully saturated rings. The van der Waals surface area contributed by atoms with Crippen molar-refractivity contribution in [3.05, 3.63) is 29.9 Å². The monoisotopic (exact) mass is 150 g/mol. The van der Waals surface area contributed by atoms with Crippen LogP contribution in [0, 0.1) is 0 Å². The lowest BCUT2D eigenvalue weighted by molar-refractivity contribution is 0.123. The van der Waals surface area contributed by atoms with E-state index in [2.05, 4.69) is 0 Å². The van der Waals surface area contributed by atoms with Crippen LogP contribution in [-0.2, 0) is 9.53 Å². The van der Waals surface area contributed by atoms with Gasteiger partial charge in [0.25, 0.3) is 0 Å². The van der Waals surface area contributed by atoms with Crippen molar-refractivity contribution in [1.29, 1.82) is 0 Å². The van der Waals surface area contributed by atoms with Crippen LogP contribution < -0.4 is 0 Å². The van der Waals surface area contributed by atoms with Crippen LogP contribution in [0.2, 0.25) is 0 Å². The van der Waals surface area contributed by atoms with Gasteiger partial charge in [-0.2, -0.15) is 0 Å². The Balaban J connectivity index is 2.71. The summed E-state index contributed by atoms with van der Waals surface area (Å²) < 4.78 is 5.25. The molecule has 1 unspecified atom stereocenters. The average Bonchev–Trinajstić information content (AvgIpc) is 2.06. The molecule has 0 spiro atoms. The highest BCUT2D eigenvalue weighted by Gasteiger charge is 2.10. The van der Waals surface area contributed by atoms with E-state index in [-0.39, 0.29) is 6.10 Å². The van der Waals surface area contributed by atoms with E-state index in [1.807, 2.05) is 25.0 Å². The highest BCUT2D eigenvalue weighted by molar-refractivity contribution is 5.61. The first-order valence-corrected chi connectivity index (χ1v) is 3.60. The summed E-state index contributed by atoms with van der Waals surface area (Å²) in [6, 6.07) is 0. The fourth-order valence-corrected chi connectivity index (χ4v) is 0.940. The fraction of sp³-hybridized carbons (Fsp3) is 0.333. The van der Waals surface area contributed by atoms with Crippen molar-refractivity contribution in [2.75, 3.05) is 6.61 Å². The van der Waals surface area contributed by atoms with Crippen molar-refractivity contribution in [3.8, 4) is 0 Å². The summed E-state index contributed by atoms with van der Waals surface area (Å²) in [6.45, 7) is 2.50. The third-order valence-electron chi connectivity index (χ3n) is 1.44. The largest absolute Gasteiger partial charge is 0.369 e. The van der Waals surface area contributed by atoms with E-state index < -0.39 is 0 Å². The maximum Gasteiger partial charge on any atom is 0.131 e. The van der Waals surface area contributed by atoms with Gasteiger partial charge in [0.15, 0.2) is 0 Å². The lowest BCUT2D eigenvalue weighted by Crippen LogP contribution is -2.13. The summed E-state index contributed by atoms with van der Waals surface area (Å²) in [5, 5.41) is 0. The van der Waals surface area contributed by atoms with Crippen LogP contribution in [0.4, 0.5) is 0 Å². The Morgan fingerprint density at radius 3 is 3.09 bits per heavy atom. The molecule has 0 bridgehead atoms. The van der Waals surface area contributed by atoms with E-state index in [9.17, 15) is 4.79 Å². The lowest BCUT2D eigenvalue weighted by atomic mass is 10.1. The van der Waals surface area contributed by atoms with Gasteiger partial charge in [0.1, 0.15) is 12.0 Å². The predicted octanol–water partition coefficient (Wildman–Crippen LogP) is 1.28. The zero-order valence-electron chi connectivity index (χ0n) is 6.41. The summed E-state index contributed by atoms with van der Waals surface area (Å²) in [5.74, 6) is 1.84. The molecule has 0 aromatic carbocycles. The minimum Gasteiger partial charge on any atom is -0.369 e. The van der Waals surface area contributed by atoms with E-state index in [1.54, 1.807) is 12.2 Å². The van der Waals surface area contributed by atoms with E-state index in [1.165, 1.54) is 0 Å². The summed E-state index contributed by atoms with van der Waals surface area (Å²) in [4.78, 5) is 10.3. The fourth-order valence-electron chi connectivity index (χ4n) is 0.940. The van der Waals surface area contributed by atoms with Crippen LogP contribution in [0.15, 0.2) is 29.9 Å². The number of ether oxygens (including phenoxy) is 1. The molecule has 0 amide bonds. The molecule has 0 radical (unpaired) electrons. The molecular formula is C9H10O2. The quantitative estimate of drug-likeness (QED) is 0.554. The molecule has 0 aliphatic heterocycles. The van der Waals surface area contributed by atoms with Crippen LogP contribution in [-0.4, -0.2) is 18.7 Å². The molecule has 0 saturated carbocycles. The second kappa shape index (κ2) is 3.91. The van der Waals surface area contributed by atoms with Gasteiger partial charge in [-0.15, -0.1) is 0 Å². The number of hydrogen-bond donors (Lipinski definition) is 0. The number of rotatable bonds is 2. The summed E-state index contributed by atoms with van der Waals surface area (Å²) in [6.07, 6.45) is 7.02. The van der Waals surface area contributed by atoms with Crippen LogP contribution in [0.1, 0.15) is 6.92 Å². The van der Waals surface area contributed by atoms with Gasteiger partial charge < -0.3 is 4.74 Å². The molecule has 1 aliphatic rings. The van der Waals surface area contributed by atoms with Gasteiger partial charge in [-0.05, 0) is 13.0 Å². The average molecular weight is 150 g/mol. The van der Waals surface area contributed by atoms with Gasteiger partial charge in [0, 0.05) is 6.61 Å². The highest BCUT2D eigenvalue weighted by atomic mass is 16.5. The first-order valence-electron chi connectivity index (χ1n) is 3.60. The smallest absolute Gasteiger partial charge is 0.131 e. The molecule has 2 nitrogen and oxygen atoms in total. The Hall–Kier alpha value is -1.11. The molecule has 1 atom stereocenters. The van der Waals surface area contributed by atoms with Crippen molar-refractivity contribution < 1.29 is 9.53 Å². The molecule has 0 aromatic heterocycles. The van der Waals surface area contributed by atoms with Crippen molar-refractivity contribution in [2.24, 2.45) is 0 Å². The molecule has 0 aromatic rings. The molecule has 0 heterocycles. The topological polar surface area (TPSA) is 26.3 Å². The number of hydrogen-bond acceptors (Lipinski definition) is 2. The maximum atomic E-state index is 10.3. The Morgan fingerprint density at radius 2 is 2.45 bits per heavy atom. The Labute approximate surface area is 65.9 Å². The summed E-state index contributed by atoms with van der Waals surface area (Å²) in [5.41, 5.74) is 0.564. The third kappa shape index (κ3) is 1.90. The molecule has 2 heteroatoms. The van der Waals surface area contributed by atoms with Gasteiger partial charge in [-0.3, -0.25) is 0 Å². The predicted molar refractivity (Wildman–Crippen MR) is 42.9 cm³/mol. The molecule has 1 aliphatic carbocycles. The summed E-state index contributed by atoms with van der Waals surface area (Å²) >= 11 is 0. The Kier molecular flexibility index (Phi) is 2.84. The molecule has 0 N–H and O–H groups in total. The SMILES string of the molecule is CCOC1C=CC=CC1=C=O. The Morgan fingerprint density at radius 1 is 1.64 bits per heavy atom. The van der Waals surface area contributed by atoms with E-state index in [0.29, 0.717) is 12.2 Å². The van der Waals surface area contributed by atoms with Crippen molar-refractivity contribution in [1.82, 2.24) is 0 Å². The standard InChI is InChI=1S/C9H10O2/c1-2-11-9-6-4-3-5-8(9)7-10/h3-6,9H,2H2,1H3. The Bertz CT molecular complexity index is 232. The van der Waals surface area contributed by atoms with Gasteiger partial charge in [-0.1, -0.05) is 18.2 Å². The third-order valence-corrected chi connectivity index (χ3v) is 1.44. The zero-order chi connectivity index (χ0) is 8.10. The van der Waals surface area contributed by atoms with E-state index >= 15 is 0 Å². The molecule has 1 rings (SSSR count). The van der Waals surface area contributed by atoms with Crippen LogP contribution in [0.3, 0.4) is 0 Å². The van der Waals surface area contributed by atoms with Crippen molar-refractivity contribution >= 4 is 5.94 Å². The van der Waals surface area contributed by atoms with Gasteiger partial charge >= 0.3 is 0 Å². The van der Waals surface area contributed by atoms with Crippen LogP contribution >= 0.6 is 0 Å². The number of allylic oxidation sites excluding steroid dienone is 2. The van der Waals surface area contributed by atoms with Crippen LogP contribution in [0.25, 0.3) is 0 Å². The number of carbonyl (C=O) groups excluding carboxylic acids is 1. The zero-order valence-corrected chi connectivity index (χ0v) is 6.41. The van der Waals surface area contributed by atoms with Gasteiger partial charge in [-0.25, -0.2) is 4.79 Å². The minimum atomic E-state index is -0.192.